The number of esters is 1. The van der Waals surface area contributed by atoms with Crippen molar-refractivity contribution < 1.29 is 14.3 Å². The van der Waals surface area contributed by atoms with Gasteiger partial charge in [-0.1, -0.05) is 33.6 Å². The molecule has 0 N–H and O–H groups in total. The number of methoxy groups -OCH3 is 1. The van der Waals surface area contributed by atoms with Crippen LogP contribution in [0, 0.1) is 46.3 Å². The molecule has 0 radical (unpaired) electrons. The highest BCUT2D eigenvalue weighted by atomic mass is 16.5. The topological polar surface area (TPSA) is 43.4 Å². The second kappa shape index (κ2) is 7.43. The van der Waals surface area contributed by atoms with Crippen molar-refractivity contribution in [3.8, 4) is 0 Å². The van der Waals surface area contributed by atoms with Crippen molar-refractivity contribution in [3.05, 3.63) is 0 Å². The summed E-state index contributed by atoms with van der Waals surface area (Å²) in [5.74, 6) is 4.09. The van der Waals surface area contributed by atoms with Crippen molar-refractivity contribution in [2.75, 3.05) is 7.11 Å². The van der Waals surface area contributed by atoms with Gasteiger partial charge in [0, 0.05) is 18.3 Å². The second-order valence-electron chi connectivity index (χ2n) is 11.1. The van der Waals surface area contributed by atoms with Crippen LogP contribution in [0.25, 0.3) is 0 Å². The normalized spacial score (nSPS) is 46.3. The predicted molar refractivity (Wildman–Crippen MR) is 111 cm³/mol. The number of rotatable bonds is 4. The fourth-order valence-electron chi connectivity index (χ4n) is 8.59. The van der Waals surface area contributed by atoms with Crippen LogP contribution in [0.4, 0.5) is 0 Å². The highest BCUT2D eigenvalue weighted by Gasteiger charge is 2.63. The van der Waals surface area contributed by atoms with Crippen LogP contribution in [0.5, 0.6) is 0 Å². The van der Waals surface area contributed by atoms with Crippen molar-refractivity contribution >= 4 is 11.8 Å². The zero-order valence-electron chi connectivity index (χ0n) is 18.5. The monoisotopic (exact) mass is 388 g/mol. The maximum Gasteiger partial charge on any atom is 0.305 e. The Hall–Kier alpha value is -0.860. The first kappa shape index (κ1) is 20.4. The number of ether oxygens (including phenoxy) is 1. The number of carbonyl (C=O) groups excluding carboxylic acids is 2. The van der Waals surface area contributed by atoms with E-state index in [9.17, 15) is 9.59 Å². The van der Waals surface area contributed by atoms with Gasteiger partial charge in [-0.2, -0.15) is 0 Å². The molecule has 4 aliphatic carbocycles. The average molecular weight is 389 g/mol. The number of fused-ring (bicyclic) bond motifs is 5. The molecule has 158 valence electrons. The maximum absolute atomic E-state index is 13.7. The lowest BCUT2D eigenvalue weighted by atomic mass is 9.44. The van der Waals surface area contributed by atoms with Gasteiger partial charge in [-0.15, -0.1) is 0 Å². The van der Waals surface area contributed by atoms with Crippen LogP contribution in [0.15, 0.2) is 0 Å². The molecule has 0 bridgehead atoms. The van der Waals surface area contributed by atoms with Gasteiger partial charge in [0.25, 0.3) is 0 Å². The molecule has 4 saturated carbocycles. The van der Waals surface area contributed by atoms with Gasteiger partial charge in [-0.3, -0.25) is 9.59 Å². The lowest BCUT2D eigenvalue weighted by Crippen LogP contribution is -2.56. The molecule has 3 heteroatoms. The van der Waals surface area contributed by atoms with Crippen LogP contribution in [-0.2, 0) is 14.3 Å². The lowest BCUT2D eigenvalue weighted by molar-refractivity contribution is -0.157. The van der Waals surface area contributed by atoms with E-state index < -0.39 is 0 Å². The van der Waals surface area contributed by atoms with Crippen LogP contribution in [0.3, 0.4) is 0 Å². The van der Waals surface area contributed by atoms with E-state index in [0.717, 1.165) is 24.7 Å². The standard InChI is InChI=1S/C25H40O3/c1-16(8-13-23(27)28-4)19-11-12-20-18-10-9-17-7-5-6-14-24(17,2)21(18)15-22(26)25(19,20)3/h16-21H,5-15H2,1-4H3/t16-,17-,18-,19+,20+,21+,24-,25+/m0/s1. The molecule has 3 nitrogen and oxygen atoms in total. The van der Waals surface area contributed by atoms with Gasteiger partial charge in [0.1, 0.15) is 5.78 Å². The molecule has 0 saturated heterocycles. The summed E-state index contributed by atoms with van der Waals surface area (Å²) < 4.78 is 4.84. The summed E-state index contributed by atoms with van der Waals surface area (Å²) in [4.78, 5) is 25.3. The zero-order valence-corrected chi connectivity index (χ0v) is 18.5. The van der Waals surface area contributed by atoms with E-state index in [1.165, 1.54) is 58.5 Å². The minimum atomic E-state index is -0.158. The Morgan fingerprint density at radius 1 is 1.11 bits per heavy atom. The first-order valence-corrected chi connectivity index (χ1v) is 11.9. The minimum Gasteiger partial charge on any atom is -0.469 e. The quantitative estimate of drug-likeness (QED) is 0.571. The second-order valence-corrected chi connectivity index (χ2v) is 11.1. The van der Waals surface area contributed by atoms with Crippen LogP contribution in [-0.4, -0.2) is 18.9 Å². The molecule has 4 aliphatic rings. The maximum atomic E-state index is 13.7. The van der Waals surface area contributed by atoms with E-state index in [4.69, 9.17) is 4.74 Å². The van der Waals surface area contributed by atoms with Gasteiger partial charge in [-0.05, 0) is 85.9 Å². The summed E-state index contributed by atoms with van der Waals surface area (Å²) in [6, 6.07) is 0. The van der Waals surface area contributed by atoms with Crippen LogP contribution in [0.2, 0.25) is 0 Å². The smallest absolute Gasteiger partial charge is 0.305 e. The van der Waals surface area contributed by atoms with E-state index in [2.05, 4.69) is 20.8 Å². The molecular formula is C25H40O3. The SMILES string of the molecule is COC(=O)CC[C@H](C)[C@H]1CC[C@@H]2[C@@H]3CC[C@@H]4CCCC[C@]4(C)[C@@H]3CC(=O)[C@@]21C. The summed E-state index contributed by atoms with van der Waals surface area (Å²) >= 11 is 0. The van der Waals surface area contributed by atoms with Gasteiger partial charge in [0.2, 0.25) is 0 Å². The average Bonchev–Trinajstić information content (AvgIpc) is 3.05. The number of hydrogen-bond donors (Lipinski definition) is 0. The van der Waals surface area contributed by atoms with E-state index in [0.29, 0.717) is 41.3 Å². The third kappa shape index (κ3) is 2.98. The van der Waals surface area contributed by atoms with Crippen LogP contribution in [0.1, 0.15) is 91.4 Å². The first-order valence-electron chi connectivity index (χ1n) is 11.9. The molecule has 4 rings (SSSR count). The molecule has 28 heavy (non-hydrogen) atoms. The number of Topliss-reactive ketones (excluding diaryl/α,β-unsaturated/α-hetero) is 1. The molecule has 0 aromatic carbocycles. The molecule has 0 heterocycles. The highest BCUT2D eigenvalue weighted by Crippen LogP contribution is 2.67. The minimum absolute atomic E-state index is 0.120. The van der Waals surface area contributed by atoms with Crippen molar-refractivity contribution in [1.82, 2.24) is 0 Å². The van der Waals surface area contributed by atoms with Gasteiger partial charge in [0.15, 0.2) is 0 Å². The van der Waals surface area contributed by atoms with Crippen LogP contribution < -0.4 is 0 Å². The zero-order chi connectivity index (χ0) is 20.1. The fraction of sp³-hybridized carbons (Fsp3) is 0.920. The predicted octanol–water partition coefficient (Wildman–Crippen LogP) is 5.80. The molecule has 0 aliphatic heterocycles. The van der Waals surface area contributed by atoms with Gasteiger partial charge < -0.3 is 4.74 Å². The summed E-state index contributed by atoms with van der Waals surface area (Å²) in [5.41, 5.74) is 0.251. The van der Waals surface area contributed by atoms with E-state index >= 15 is 0 Å². The number of carbonyl (C=O) groups is 2. The van der Waals surface area contributed by atoms with E-state index in [-0.39, 0.29) is 11.4 Å². The fourth-order valence-corrected chi connectivity index (χ4v) is 8.59. The molecule has 0 aromatic heterocycles. The van der Waals surface area contributed by atoms with E-state index in [1.54, 1.807) is 0 Å². The third-order valence-corrected chi connectivity index (χ3v) is 10.2. The highest BCUT2D eigenvalue weighted by molar-refractivity contribution is 5.87. The molecule has 8 atom stereocenters. The molecular weight excluding hydrogens is 348 g/mol. The Kier molecular flexibility index (Phi) is 5.42. The summed E-state index contributed by atoms with van der Waals surface area (Å²) in [5, 5.41) is 0. The molecule has 0 amide bonds. The Morgan fingerprint density at radius 2 is 1.89 bits per heavy atom. The van der Waals surface area contributed by atoms with Gasteiger partial charge in [-0.25, -0.2) is 0 Å². The Balaban J connectivity index is 1.55. The number of ketones is 1. The Morgan fingerprint density at radius 3 is 2.64 bits per heavy atom. The van der Waals surface area contributed by atoms with Crippen molar-refractivity contribution in [2.24, 2.45) is 46.3 Å². The van der Waals surface area contributed by atoms with Crippen molar-refractivity contribution in [3.63, 3.8) is 0 Å². The lowest BCUT2D eigenvalue weighted by Gasteiger charge is -2.60. The van der Waals surface area contributed by atoms with Crippen LogP contribution >= 0.6 is 0 Å². The van der Waals surface area contributed by atoms with Gasteiger partial charge >= 0.3 is 5.97 Å². The molecule has 0 unspecified atom stereocenters. The Bertz CT molecular complexity index is 627. The molecule has 0 spiro atoms. The van der Waals surface area contributed by atoms with Crippen molar-refractivity contribution in [1.29, 1.82) is 0 Å². The molecule has 0 aromatic rings. The Labute approximate surface area is 171 Å². The largest absolute Gasteiger partial charge is 0.469 e. The number of hydrogen-bond acceptors (Lipinski definition) is 3. The summed E-state index contributed by atoms with van der Waals surface area (Å²) in [6.07, 6.45) is 12.8. The third-order valence-electron chi connectivity index (χ3n) is 10.2. The van der Waals surface area contributed by atoms with E-state index in [1.807, 2.05) is 0 Å². The summed E-state index contributed by atoms with van der Waals surface area (Å²) in [6.45, 7) is 7.10. The van der Waals surface area contributed by atoms with Gasteiger partial charge in [0.05, 0.1) is 7.11 Å². The van der Waals surface area contributed by atoms with Crippen molar-refractivity contribution in [2.45, 2.75) is 91.4 Å². The summed E-state index contributed by atoms with van der Waals surface area (Å²) in [7, 11) is 1.47. The first-order chi connectivity index (χ1) is 13.3. The molecule has 4 fully saturated rings.